The van der Waals surface area contributed by atoms with Crippen molar-refractivity contribution < 1.29 is 14.6 Å². The largest absolute Gasteiger partial charge is 0.508 e. The topological polar surface area (TPSA) is 77.4 Å². The Labute approximate surface area is 142 Å². The molecule has 1 aliphatic rings. The van der Waals surface area contributed by atoms with Gasteiger partial charge in [-0.25, -0.2) is 9.79 Å². The molecule has 24 heavy (non-hydrogen) atoms. The number of hydrogen-bond acceptors (Lipinski definition) is 4. The average Bonchev–Trinajstić information content (AvgIpc) is 2.59. The first kappa shape index (κ1) is 17.9. The number of benzene rings is 1. The van der Waals surface area contributed by atoms with Crippen molar-refractivity contribution in [2.24, 2.45) is 4.99 Å². The molecule has 1 aliphatic heterocycles. The second-order valence-corrected chi connectivity index (χ2v) is 5.51. The van der Waals surface area contributed by atoms with Crippen LogP contribution in [-0.4, -0.2) is 66.3 Å². The predicted octanol–water partition coefficient (Wildman–Crippen LogP) is 1.63. The van der Waals surface area contributed by atoms with Gasteiger partial charge in [-0.3, -0.25) is 0 Å². The molecule has 1 saturated heterocycles. The molecule has 0 radical (unpaired) electrons. The lowest BCUT2D eigenvalue weighted by atomic mass is 10.2. The monoisotopic (exact) mass is 334 g/mol. The third kappa shape index (κ3) is 5.04. The van der Waals surface area contributed by atoms with Gasteiger partial charge in [-0.15, -0.1) is 0 Å². The van der Waals surface area contributed by atoms with E-state index < -0.39 is 0 Å². The maximum Gasteiger partial charge on any atom is 0.409 e. The molecule has 0 aliphatic carbocycles. The van der Waals surface area contributed by atoms with Gasteiger partial charge in [0.25, 0.3) is 0 Å². The number of piperazine rings is 1. The minimum Gasteiger partial charge on any atom is -0.508 e. The summed E-state index contributed by atoms with van der Waals surface area (Å²) in [5, 5.41) is 12.8. The summed E-state index contributed by atoms with van der Waals surface area (Å²) in [6.45, 7) is 8.17. The molecule has 1 amide bonds. The number of nitrogens with one attached hydrogen (secondary N) is 1. The number of carbonyl (C=O) groups is 1. The standard InChI is InChI=1S/C17H26N4O3/c1-3-18-16(19-13-14-6-5-7-15(22)12-14)20-8-10-21(11-9-20)17(23)24-4-2/h5-7,12,22H,3-4,8-11,13H2,1-2H3,(H,18,19). The van der Waals surface area contributed by atoms with E-state index in [1.807, 2.05) is 26.0 Å². The molecule has 7 nitrogen and oxygen atoms in total. The number of aromatic hydroxyl groups is 1. The Morgan fingerprint density at radius 1 is 1.25 bits per heavy atom. The highest BCUT2D eigenvalue weighted by Gasteiger charge is 2.23. The molecule has 0 spiro atoms. The molecule has 1 aromatic rings. The molecule has 7 heteroatoms. The van der Waals surface area contributed by atoms with Gasteiger partial charge in [0.1, 0.15) is 5.75 Å². The van der Waals surface area contributed by atoms with E-state index in [1.165, 1.54) is 0 Å². The van der Waals surface area contributed by atoms with Crippen LogP contribution < -0.4 is 5.32 Å². The van der Waals surface area contributed by atoms with Crippen molar-refractivity contribution in [1.29, 1.82) is 0 Å². The van der Waals surface area contributed by atoms with Gasteiger partial charge in [0.2, 0.25) is 0 Å². The van der Waals surface area contributed by atoms with Gasteiger partial charge < -0.3 is 25.0 Å². The van der Waals surface area contributed by atoms with Crippen molar-refractivity contribution in [3.8, 4) is 5.75 Å². The fraction of sp³-hybridized carbons (Fsp3) is 0.529. The highest BCUT2D eigenvalue weighted by atomic mass is 16.6. The number of rotatable bonds is 4. The predicted molar refractivity (Wildman–Crippen MR) is 93.1 cm³/mol. The molecule has 2 rings (SSSR count). The molecule has 1 fully saturated rings. The third-order valence-corrected chi connectivity index (χ3v) is 3.76. The first-order valence-electron chi connectivity index (χ1n) is 8.37. The maximum atomic E-state index is 11.8. The minimum absolute atomic E-state index is 0.246. The van der Waals surface area contributed by atoms with Crippen LogP contribution in [0.1, 0.15) is 19.4 Å². The van der Waals surface area contributed by atoms with Crippen LogP contribution in [0.5, 0.6) is 5.75 Å². The van der Waals surface area contributed by atoms with E-state index in [4.69, 9.17) is 4.74 Å². The van der Waals surface area contributed by atoms with Gasteiger partial charge in [0.05, 0.1) is 13.2 Å². The van der Waals surface area contributed by atoms with E-state index in [-0.39, 0.29) is 11.8 Å². The van der Waals surface area contributed by atoms with Crippen molar-refractivity contribution >= 4 is 12.1 Å². The minimum atomic E-state index is -0.251. The highest BCUT2D eigenvalue weighted by Crippen LogP contribution is 2.12. The van der Waals surface area contributed by atoms with Crippen molar-refractivity contribution in [2.75, 3.05) is 39.3 Å². The Hall–Kier alpha value is -2.44. The third-order valence-electron chi connectivity index (χ3n) is 3.76. The van der Waals surface area contributed by atoms with Gasteiger partial charge in [-0.05, 0) is 31.5 Å². The Morgan fingerprint density at radius 2 is 1.96 bits per heavy atom. The zero-order valence-electron chi connectivity index (χ0n) is 14.4. The van der Waals surface area contributed by atoms with Gasteiger partial charge in [0, 0.05) is 32.7 Å². The van der Waals surface area contributed by atoms with Crippen LogP contribution in [0.4, 0.5) is 4.79 Å². The Bertz CT molecular complexity index is 569. The second-order valence-electron chi connectivity index (χ2n) is 5.51. The number of ether oxygens (including phenoxy) is 1. The van der Waals surface area contributed by atoms with E-state index in [0.29, 0.717) is 39.3 Å². The normalized spacial score (nSPS) is 15.3. The maximum absolute atomic E-state index is 11.8. The van der Waals surface area contributed by atoms with Gasteiger partial charge >= 0.3 is 6.09 Å². The summed E-state index contributed by atoms with van der Waals surface area (Å²) in [5.74, 6) is 1.07. The molecule has 0 unspecified atom stereocenters. The smallest absolute Gasteiger partial charge is 0.409 e. The highest BCUT2D eigenvalue weighted by molar-refractivity contribution is 5.80. The van der Waals surface area contributed by atoms with E-state index in [9.17, 15) is 9.90 Å². The molecular weight excluding hydrogens is 308 g/mol. The molecule has 2 N–H and O–H groups in total. The van der Waals surface area contributed by atoms with E-state index >= 15 is 0 Å². The second kappa shape index (κ2) is 9.00. The van der Waals surface area contributed by atoms with Crippen LogP contribution in [0.25, 0.3) is 0 Å². The first-order chi connectivity index (χ1) is 11.6. The molecular formula is C17H26N4O3. The summed E-state index contributed by atoms with van der Waals surface area (Å²) in [7, 11) is 0. The van der Waals surface area contributed by atoms with Crippen LogP contribution in [0, 0.1) is 0 Å². The number of amides is 1. The molecule has 0 bridgehead atoms. The molecule has 0 atom stereocenters. The fourth-order valence-corrected chi connectivity index (χ4v) is 2.56. The first-order valence-corrected chi connectivity index (χ1v) is 8.37. The van der Waals surface area contributed by atoms with Crippen molar-refractivity contribution in [2.45, 2.75) is 20.4 Å². The Kier molecular flexibility index (Phi) is 6.72. The Balaban J connectivity index is 1.95. The van der Waals surface area contributed by atoms with Gasteiger partial charge in [-0.2, -0.15) is 0 Å². The number of nitrogens with zero attached hydrogens (tertiary/aromatic N) is 3. The van der Waals surface area contributed by atoms with Crippen LogP contribution in [0.3, 0.4) is 0 Å². The number of aliphatic imine (C=N–C) groups is 1. The number of carbonyl (C=O) groups excluding carboxylic acids is 1. The molecule has 0 aromatic heterocycles. The fourth-order valence-electron chi connectivity index (χ4n) is 2.56. The van der Waals surface area contributed by atoms with Crippen LogP contribution in [-0.2, 0) is 11.3 Å². The number of phenols is 1. The molecule has 132 valence electrons. The molecule has 1 aromatic carbocycles. The lowest BCUT2D eigenvalue weighted by Crippen LogP contribution is -2.53. The average molecular weight is 334 g/mol. The van der Waals surface area contributed by atoms with Crippen LogP contribution in [0.2, 0.25) is 0 Å². The molecule has 0 saturated carbocycles. The lowest BCUT2D eigenvalue weighted by Gasteiger charge is -2.35. The lowest BCUT2D eigenvalue weighted by molar-refractivity contribution is 0.0914. The van der Waals surface area contributed by atoms with Crippen molar-refractivity contribution in [3.63, 3.8) is 0 Å². The van der Waals surface area contributed by atoms with Crippen molar-refractivity contribution in [3.05, 3.63) is 29.8 Å². The summed E-state index contributed by atoms with van der Waals surface area (Å²) in [6.07, 6.45) is -0.251. The van der Waals surface area contributed by atoms with Gasteiger partial charge in [-0.1, -0.05) is 12.1 Å². The van der Waals surface area contributed by atoms with E-state index in [0.717, 1.165) is 18.1 Å². The quantitative estimate of drug-likeness (QED) is 0.646. The Morgan fingerprint density at radius 3 is 2.58 bits per heavy atom. The van der Waals surface area contributed by atoms with Crippen molar-refractivity contribution in [1.82, 2.24) is 15.1 Å². The number of hydrogen-bond donors (Lipinski definition) is 2. The summed E-state index contributed by atoms with van der Waals surface area (Å²) in [6, 6.07) is 7.11. The van der Waals surface area contributed by atoms with Crippen LogP contribution in [0.15, 0.2) is 29.3 Å². The van der Waals surface area contributed by atoms with Gasteiger partial charge in [0.15, 0.2) is 5.96 Å². The number of phenolic OH excluding ortho intramolecular Hbond substituents is 1. The number of guanidine groups is 1. The van der Waals surface area contributed by atoms with Crippen LogP contribution >= 0.6 is 0 Å². The summed E-state index contributed by atoms with van der Waals surface area (Å²) < 4.78 is 5.04. The van der Waals surface area contributed by atoms with E-state index in [2.05, 4.69) is 15.2 Å². The van der Waals surface area contributed by atoms with E-state index in [1.54, 1.807) is 17.0 Å². The summed E-state index contributed by atoms with van der Waals surface area (Å²) in [5.41, 5.74) is 0.954. The molecule has 1 heterocycles. The summed E-state index contributed by atoms with van der Waals surface area (Å²) in [4.78, 5) is 20.3. The zero-order chi connectivity index (χ0) is 17.4. The zero-order valence-corrected chi connectivity index (χ0v) is 14.4. The SMILES string of the molecule is CCNC(=NCc1cccc(O)c1)N1CCN(C(=O)OCC)CC1. The summed E-state index contributed by atoms with van der Waals surface area (Å²) >= 11 is 0.